The van der Waals surface area contributed by atoms with Crippen molar-refractivity contribution in [2.75, 3.05) is 12.4 Å². The molecule has 4 atom stereocenters. The van der Waals surface area contributed by atoms with Crippen LogP contribution in [0, 0.1) is 28.6 Å². The van der Waals surface area contributed by atoms with E-state index in [0.29, 0.717) is 16.9 Å². The third-order valence-corrected chi connectivity index (χ3v) is 5.42. The molecule has 4 unspecified atom stereocenters. The zero-order valence-corrected chi connectivity index (χ0v) is 12.4. The van der Waals surface area contributed by atoms with Crippen LogP contribution in [0.1, 0.15) is 40.0 Å². The Hall–Kier alpha value is -0.240. The highest BCUT2D eigenvalue weighted by atomic mass is 32.2. The molecule has 1 rings (SSSR count). The van der Waals surface area contributed by atoms with Crippen LogP contribution in [0.15, 0.2) is 0 Å². The summed E-state index contributed by atoms with van der Waals surface area (Å²) in [5, 5.41) is 27.8. The summed E-state index contributed by atoms with van der Waals surface area (Å²) < 4.78 is 0. The first-order valence-electron chi connectivity index (χ1n) is 6.68. The Balaban J connectivity index is 2.57. The van der Waals surface area contributed by atoms with Crippen LogP contribution in [0.25, 0.3) is 0 Å². The molecular formula is C14H25NO2S. The molecule has 0 spiro atoms. The van der Waals surface area contributed by atoms with Gasteiger partial charge in [-0.05, 0) is 30.6 Å². The fourth-order valence-electron chi connectivity index (χ4n) is 2.53. The van der Waals surface area contributed by atoms with Gasteiger partial charge in [0.05, 0.1) is 24.7 Å². The summed E-state index contributed by atoms with van der Waals surface area (Å²) in [4.78, 5) is 0. The van der Waals surface area contributed by atoms with Crippen LogP contribution in [0.3, 0.4) is 0 Å². The van der Waals surface area contributed by atoms with Gasteiger partial charge in [-0.3, -0.25) is 0 Å². The minimum absolute atomic E-state index is 0.0968. The van der Waals surface area contributed by atoms with Crippen LogP contribution in [-0.2, 0) is 0 Å². The molecule has 1 saturated carbocycles. The first-order valence-corrected chi connectivity index (χ1v) is 7.73. The Kier molecular flexibility index (Phi) is 5.97. The molecule has 0 radical (unpaired) electrons. The highest BCUT2D eigenvalue weighted by molar-refractivity contribution is 7.99. The van der Waals surface area contributed by atoms with E-state index in [9.17, 15) is 10.4 Å². The highest BCUT2D eigenvalue weighted by Crippen LogP contribution is 2.43. The predicted octanol–water partition coefficient (Wildman–Crippen LogP) is 2.43. The molecule has 0 aliphatic heterocycles. The monoisotopic (exact) mass is 271 g/mol. The van der Waals surface area contributed by atoms with Gasteiger partial charge in [0, 0.05) is 11.0 Å². The fraction of sp³-hybridized carbons (Fsp3) is 0.929. The smallest absolute Gasteiger partial charge is 0.0861 e. The molecule has 1 fully saturated rings. The normalized spacial score (nSPS) is 30.8. The van der Waals surface area contributed by atoms with Gasteiger partial charge in [-0.25, -0.2) is 0 Å². The summed E-state index contributed by atoms with van der Waals surface area (Å²) in [6.07, 6.45) is 2.47. The molecule has 0 bridgehead atoms. The van der Waals surface area contributed by atoms with Gasteiger partial charge in [0.1, 0.15) is 0 Å². The van der Waals surface area contributed by atoms with Crippen molar-refractivity contribution in [2.24, 2.45) is 17.3 Å². The molecule has 0 heterocycles. The lowest BCUT2D eigenvalue weighted by Gasteiger charge is -2.39. The first-order chi connectivity index (χ1) is 8.38. The maximum atomic E-state index is 9.42. The quantitative estimate of drug-likeness (QED) is 0.824. The predicted molar refractivity (Wildman–Crippen MR) is 75.2 cm³/mol. The molecule has 1 aliphatic carbocycles. The highest BCUT2D eigenvalue weighted by Gasteiger charge is 2.36. The average Bonchev–Trinajstić information content (AvgIpc) is 2.34. The lowest BCUT2D eigenvalue weighted by atomic mass is 9.70. The zero-order valence-electron chi connectivity index (χ0n) is 11.6. The van der Waals surface area contributed by atoms with Crippen molar-refractivity contribution >= 4 is 11.8 Å². The number of nitriles is 1. The van der Waals surface area contributed by atoms with E-state index in [-0.39, 0.29) is 17.9 Å². The number of aliphatic hydroxyl groups is 2. The van der Waals surface area contributed by atoms with E-state index < -0.39 is 6.10 Å². The molecular weight excluding hydrogens is 246 g/mol. The van der Waals surface area contributed by atoms with Crippen LogP contribution in [0.2, 0.25) is 0 Å². The van der Waals surface area contributed by atoms with Gasteiger partial charge in [0.2, 0.25) is 0 Å². The van der Waals surface area contributed by atoms with Gasteiger partial charge >= 0.3 is 0 Å². The summed E-state index contributed by atoms with van der Waals surface area (Å²) in [5.41, 5.74) is 0.287. The van der Waals surface area contributed by atoms with Crippen LogP contribution in [-0.4, -0.2) is 33.9 Å². The van der Waals surface area contributed by atoms with Crippen LogP contribution >= 0.6 is 11.8 Å². The molecule has 0 aromatic carbocycles. The van der Waals surface area contributed by atoms with Crippen LogP contribution in [0.5, 0.6) is 0 Å². The van der Waals surface area contributed by atoms with Crippen molar-refractivity contribution in [1.82, 2.24) is 0 Å². The van der Waals surface area contributed by atoms with Crippen molar-refractivity contribution in [3.63, 3.8) is 0 Å². The minimum Gasteiger partial charge on any atom is -0.394 e. The second-order valence-corrected chi connectivity index (χ2v) is 7.59. The van der Waals surface area contributed by atoms with Crippen molar-refractivity contribution in [3.05, 3.63) is 0 Å². The minimum atomic E-state index is -0.663. The average molecular weight is 271 g/mol. The van der Waals surface area contributed by atoms with E-state index in [0.717, 1.165) is 19.3 Å². The standard InChI is InChI=1S/C14H25NO2S/c1-14(2,3)11-5-4-10(7-15)13(6-11)18-9-12(17)8-16/h10-13,16-17H,4-6,8-9H2,1-3H3. The number of aliphatic hydroxyl groups excluding tert-OH is 2. The molecule has 18 heavy (non-hydrogen) atoms. The SMILES string of the molecule is CC(C)(C)C1CCC(C#N)C(SCC(O)CO)C1. The second kappa shape index (κ2) is 6.79. The lowest BCUT2D eigenvalue weighted by Crippen LogP contribution is -2.34. The van der Waals surface area contributed by atoms with Gasteiger partial charge in [-0.1, -0.05) is 20.8 Å². The summed E-state index contributed by atoms with van der Waals surface area (Å²) in [5.74, 6) is 1.27. The number of hydrogen-bond acceptors (Lipinski definition) is 4. The van der Waals surface area contributed by atoms with Gasteiger partial charge in [-0.2, -0.15) is 17.0 Å². The molecule has 0 amide bonds. The van der Waals surface area contributed by atoms with Gasteiger partial charge < -0.3 is 10.2 Å². The molecule has 0 aromatic heterocycles. The van der Waals surface area contributed by atoms with E-state index >= 15 is 0 Å². The maximum Gasteiger partial charge on any atom is 0.0861 e. The number of thioether (sulfide) groups is 1. The zero-order chi connectivity index (χ0) is 13.8. The third kappa shape index (κ3) is 4.46. The Morgan fingerprint density at radius 2 is 2.06 bits per heavy atom. The Morgan fingerprint density at radius 3 is 2.56 bits per heavy atom. The summed E-state index contributed by atoms with van der Waals surface area (Å²) >= 11 is 1.65. The molecule has 3 nitrogen and oxygen atoms in total. The van der Waals surface area contributed by atoms with Gasteiger partial charge in [0.25, 0.3) is 0 Å². The van der Waals surface area contributed by atoms with E-state index in [1.807, 2.05) is 0 Å². The summed E-state index contributed by atoms with van der Waals surface area (Å²) in [7, 11) is 0. The van der Waals surface area contributed by atoms with Crippen LogP contribution in [0.4, 0.5) is 0 Å². The largest absolute Gasteiger partial charge is 0.394 e. The van der Waals surface area contributed by atoms with E-state index in [4.69, 9.17) is 5.11 Å². The number of nitrogens with zero attached hydrogens (tertiary/aromatic N) is 1. The van der Waals surface area contributed by atoms with E-state index in [2.05, 4.69) is 26.8 Å². The van der Waals surface area contributed by atoms with E-state index in [1.54, 1.807) is 11.8 Å². The molecule has 0 aromatic rings. The lowest BCUT2D eigenvalue weighted by molar-refractivity contribution is 0.113. The molecule has 104 valence electrons. The van der Waals surface area contributed by atoms with Crippen molar-refractivity contribution in [1.29, 1.82) is 5.26 Å². The Morgan fingerprint density at radius 1 is 1.39 bits per heavy atom. The Labute approximate surface area is 115 Å². The molecule has 2 N–H and O–H groups in total. The number of rotatable bonds is 4. The van der Waals surface area contributed by atoms with Crippen molar-refractivity contribution in [2.45, 2.75) is 51.4 Å². The van der Waals surface area contributed by atoms with Crippen molar-refractivity contribution < 1.29 is 10.2 Å². The van der Waals surface area contributed by atoms with Gasteiger partial charge in [-0.15, -0.1) is 0 Å². The fourth-order valence-corrected chi connectivity index (χ4v) is 3.91. The van der Waals surface area contributed by atoms with E-state index in [1.165, 1.54) is 0 Å². The van der Waals surface area contributed by atoms with Crippen molar-refractivity contribution in [3.8, 4) is 6.07 Å². The molecule has 4 heteroatoms. The first kappa shape index (κ1) is 15.8. The summed E-state index contributed by atoms with van der Waals surface area (Å²) in [6.45, 7) is 6.58. The number of hydrogen-bond donors (Lipinski definition) is 2. The topological polar surface area (TPSA) is 64.2 Å². The second-order valence-electron chi connectivity index (χ2n) is 6.32. The third-order valence-electron chi connectivity index (χ3n) is 3.90. The summed E-state index contributed by atoms with van der Waals surface area (Å²) in [6, 6.07) is 2.40. The van der Waals surface area contributed by atoms with Gasteiger partial charge in [0.15, 0.2) is 0 Å². The molecule has 0 saturated heterocycles. The maximum absolute atomic E-state index is 9.42. The molecule has 1 aliphatic rings. The van der Waals surface area contributed by atoms with Crippen LogP contribution < -0.4 is 0 Å². The Bertz CT molecular complexity index is 295.